The molecular weight excluding hydrogens is 364 g/mol. The number of imidazole rings is 1. The highest BCUT2D eigenvalue weighted by atomic mass is 16.5. The van der Waals surface area contributed by atoms with Gasteiger partial charge in [0.25, 0.3) is 0 Å². The van der Waals surface area contributed by atoms with E-state index in [0.717, 1.165) is 35.5 Å². The predicted molar refractivity (Wildman–Crippen MR) is 112 cm³/mol. The first-order valence-corrected chi connectivity index (χ1v) is 9.89. The number of carbonyl (C=O) groups is 1. The van der Waals surface area contributed by atoms with Gasteiger partial charge in [0.05, 0.1) is 13.2 Å². The van der Waals surface area contributed by atoms with Gasteiger partial charge in [-0.3, -0.25) is 0 Å². The Morgan fingerprint density at radius 2 is 1.79 bits per heavy atom. The molecule has 0 bridgehead atoms. The zero-order valence-corrected chi connectivity index (χ0v) is 16.7. The maximum atomic E-state index is 13.0. The third-order valence-electron chi connectivity index (χ3n) is 5.38. The Kier molecular flexibility index (Phi) is 5.51. The van der Waals surface area contributed by atoms with Crippen LogP contribution in [-0.4, -0.2) is 22.7 Å². The van der Waals surface area contributed by atoms with Crippen LogP contribution < -0.4 is 15.4 Å². The highest BCUT2D eigenvalue weighted by Gasteiger charge is 2.34. The fraction of sp³-hybridized carbons (Fsp3) is 0.304. The van der Waals surface area contributed by atoms with Gasteiger partial charge >= 0.3 is 6.03 Å². The van der Waals surface area contributed by atoms with Crippen molar-refractivity contribution in [3.05, 3.63) is 83.9 Å². The largest absolute Gasteiger partial charge is 0.497 e. The van der Waals surface area contributed by atoms with Crippen molar-refractivity contribution in [1.29, 1.82) is 0 Å². The summed E-state index contributed by atoms with van der Waals surface area (Å²) in [4.78, 5) is 17.5. The van der Waals surface area contributed by atoms with Crippen molar-refractivity contribution >= 4 is 6.03 Å². The number of aromatic nitrogens is 2. The van der Waals surface area contributed by atoms with Crippen molar-refractivity contribution in [3.63, 3.8) is 0 Å². The first kappa shape index (κ1) is 19.1. The molecule has 1 heterocycles. The maximum absolute atomic E-state index is 13.0. The molecule has 6 nitrogen and oxygen atoms in total. The summed E-state index contributed by atoms with van der Waals surface area (Å²) in [6, 6.07) is 17.3. The quantitative estimate of drug-likeness (QED) is 0.641. The second-order valence-electron chi connectivity index (χ2n) is 7.45. The number of urea groups is 1. The van der Waals surface area contributed by atoms with Crippen molar-refractivity contribution in [2.45, 2.75) is 24.9 Å². The highest BCUT2D eigenvalue weighted by molar-refractivity contribution is 5.75. The summed E-state index contributed by atoms with van der Waals surface area (Å²) < 4.78 is 7.18. The van der Waals surface area contributed by atoms with E-state index in [-0.39, 0.29) is 18.1 Å². The maximum Gasteiger partial charge on any atom is 0.316 e. The Hall–Kier alpha value is -3.28. The van der Waals surface area contributed by atoms with E-state index in [4.69, 9.17) is 4.74 Å². The molecule has 0 spiro atoms. The molecule has 0 radical (unpaired) electrons. The van der Waals surface area contributed by atoms with Gasteiger partial charge in [-0.05, 0) is 42.0 Å². The molecular formula is C23H26N4O2. The Labute approximate surface area is 170 Å². The molecule has 1 fully saturated rings. The van der Waals surface area contributed by atoms with E-state index in [2.05, 4.69) is 27.8 Å². The summed E-state index contributed by atoms with van der Waals surface area (Å²) in [5, 5.41) is 6.31. The summed E-state index contributed by atoms with van der Waals surface area (Å²) in [5.41, 5.74) is 2.08. The number of nitrogens with one attached hydrogen (secondary N) is 2. The summed E-state index contributed by atoms with van der Waals surface area (Å²) in [6.07, 6.45) is 5.90. The third-order valence-corrected chi connectivity index (χ3v) is 5.38. The van der Waals surface area contributed by atoms with Crippen molar-refractivity contribution in [2.24, 2.45) is 13.0 Å². The zero-order chi connectivity index (χ0) is 20.2. The van der Waals surface area contributed by atoms with Crippen LogP contribution in [0, 0.1) is 5.92 Å². The number of rotatable bonds is 7. The van der Waals surface area contributed by atoms with Gasteiger partial charge in [-0.15, -0.1) is 0 Å². The minimum absolute atomic E-state index is 0.0223. The fourth-order valence-corrected chi connectivity index (χ4v) is 3.63. The molecule has 1 aliphatic carbocycles. The number of carbonyl (C=O) groups excluding carboxylic acids is 1. The van der Waals surface area contributed by atoms with Crippen molar-refractivity contribution < 1.29 is 9.53 Å². The second-order valence-corrected chi connectivity index (χ2v) is 7.45. The average Bonchev–Trinajstić information content (AvgIpc) is 3.51. The van der Waals surface area contributed by atoms with Crippen LogP contribution in [0.3, 0.4) is 0 Å². The molecule has 0 aliphatic heterocycles. The molecule has 1 saturated carbocycles. The van der Waals surface area contributed by atoms with E-state index < -0.39 is 0 Å². The standard InChI is InChI=1S/C23H26N4O2/c1-27-15-14-24-22(27)21(18-10-12-19(29-2)13-11-18)26-23(28)25-20(17-8-9-17)16-6-4-3-5-7-16/h3-7,10-15,17,20-21H,8-9H2,1-2H3,(H2,25,26,28). The first-order chi connectivity index (χ1) is 14.2. The van der Waals surface area contributed by atoms with Crippen LogP contribution >= 0.6 is 0 Å². The van der Waals surface area contributed by atoms with Gasteiger partial charge in [-0.2, -0.15) is 0 Å². The number of hydrogen-bond acceptors (Lipinski definition) is 3. The van der Waals surface area contributed by atoms with E-state index in [1.165, 1.54) is 0 Å². The number of aryl methyl sites for hydroxylation is 1. The average molecular weight is 390 g/mol. The molecule has 2 N–H and O–H groups in total. The number of benzene rings is 2. The lowest BCUT2D eigenvalue weighted by molar-refractivity contribution is 0.232. The molecule has 1 aromatic heterocycles. The van der Waals surface area contributed by atoms with E-state index in [0.29, 0.717) is 5.92 Å². The normalized spacial score (nSPS) is 15.4. The Balaban J connectivity index is 1.55. The van der Waals surface area contributed by atoms with Crippen LogP contribution in [0.25, 0.3) is 0 Å². The van der Waals surface area contributed by atoms with E-state index >= 15 is 0 Å². The van der Waals surface area contributed by atoms with Crippen LogP contribution in [0.5, 0.6) is 5.75 Å². The van der Waals surface area contributed by atoms with Crippen LogP contribution in [0.1, 0.15) is 41.9 Å². The minimum Gasteiger partial charge on any atom is -0.497 e. The Morgan fingerprint density at radius 3 is 2.38 bits per heavy atom. The molecule has 29 heavy (non-hydrogen) atoms. The van der Waals surface area contributed by atoms with Crippen LogP contribution in [0.2, 0.25) is 0 Å². The van der Waals surface area contributed by atoms with Gasteiger partial charge in [0, 0.05) is 19.4 Å². The molecule has 0 saturated heterocycles. The summed E-state index contributed by atoms with van der Waals surface area (Å²) >= 11 is 0. The summed E-state index contributed by atoms with van der Waals surface area (Å²) in [5.74, 6) is 2.04. The van der Waals surface area contributed by atoms with Crippen molar-refractivity contribution in [1.82, 2.24) is 20.2 Å². The lowest BCUT2D eigenvalue weighted by Crippen LogP contribution is -2.41. The van der Waals surface area contributed by atoms with Crippen molar-refractivity contribution in [2.75, 3.05) is 7.11 Å². The lowest BCUT2D eigenvalue weighted by Gasteiger charge is -2.23. The molecule has 2 unspecified atom stereocenters. The molecule has 2 atom stereocenters. The van der Waals surface area contributed by atoms with E-state index in [9.17, 15) is 4.79 Å². The van der Waals surface area contributed by atoms with Gasteiger partial charge in [-0.25, -0.2) is 9.78 Å². The van der Waals surface area contributed by atoms with Crippen LogP contribution in [0.4, 0.5) is 4.79 Å². The molecule has 2 aromatic carbocycles. The van der Waals surface area contributed by atoms with Crippen LogP contribution in [0.15, 0.2) is 67.0 Å². The van der Waals surface area contributed by atoms with E-state index in [1.54, 1.807) is 13.3 Å². The number of hydrogen-bond donors (Lipinski definition) is 2. The molecule has 3 aromatic rings. The Morgan fingerprint density at radius 1 is 1.07 bits per heavy atom. The van der Waals surface area contributed by atoms with Gasteiger partial charge in [0.1, 0.15) is 17.6 Å². The zero-order valence-electron chi connectivity index (χ0n) is 16.7. The lowest BCUT2D eigenvalue weighted by atomic mass is 10.0. The van der Waals surface area contributed by atoms with Crippen molar-refractivity contribution in [3.8, 4) is 5.75 Å². The SMILES string of the molecule is COc1ccc(C(NC(=O)NC(c2ccccc2)C2CC2)c2nccn2C)cc1. The summed E-state index contributed by atoms with van der Waals surface area (Å²) in [6.45, 7) is 0. The third kappa shape index (κ3) is 4.42. The van der Waals surface area contributed by atoms with Gasteiger partial charge < -0.3 is 19.9 Å². The van der Waals surface area contributed by atoms with Gasteiger partial charge in [-0.1, -0.05) is 42.5 Å². The molecule has 150 valence electrons. The smallest absolute Gasteiger partial charge is 0.316 e. The predicted octanol–water partition coefficient (Wildman–Crippen LogP) is 3.97. The topological polar surface area (TPSA) is 68.2 Å². The second kappa shape index (κ2) is 8.39. The monoisotopic (exact) mass is 390 g/mol. The Bertz CT molecular complexity index is 949. The first-order valence-electron chi connectivity index (χ1n) is 9.89. The fourth-order valence-electron chi connectivity index (χ4n) is 3.63. The van der Waals surface area contributed by atoms with E-state index in [1.807, 2.05) is 60.3 Å². The number of nitrogens with zero attached hydrogens (tertiary/aromatic N) is 2. The molecule has 1 aliphatic rings. The number of ether oxygens (including phenoxy) is 1. The molecule has 6 heteroatoms. The molecule has 2 amide bonds. The highest BCUT2D eigenvalue weighted by Crippen LogP contribution is 2.41. The molecule has 4 rings (SSSR count). The number of amides is 2. The minimum atomic E-state index is -0.364. The van der Waals surface area contributed by atoms with Gasteiger partial charge in [0.15, 0.2) is 0 Å². The number of methoxy groups -OCH3 is 1. The van der Waals surface area contributed by atoms with Gasteiger partial charge in [0.2, 0.25) is 0 Å². The van der Waals surface area contributed by atoms with Crippen LogP contribution in [-0.2, 0) is 7.05 Å². The summed E-state index contributed by atoms with van der Waals surface area (Å²) in [7, 11) is 3.56.